The van der Waals surface area contributed by atoms with E-state index in [-0.39, 0.29) is 18.1 Å². The minimum absolute atomic E-state index is 0.0317. The fourth-order valence-electron chi connectivity index (χ4n) is 3.66. The normalized spacial score (nSPS) is 18.5. The Hall–Kier alpha value is -2.53. The number of urea groups is 1. The van der Waals surface area contributed by atoms with Gasteiger partial charge in [0.05, 0.1) is 13.2 Å². The number of nitrogens with zero attached hydrogens (tertiary/aromatic N) is 2. The highest BCUT2D eigenvalue weighted by Gasteiger charge is 2.30. The number of piperazine rings is 1. The zero-order valence-corrected chi connectivity index (χ0v) is 17.1. The number of carbonyl (C=O) groups is 1. The molecule has 28 heavy (non-hydrogen) atoms. The fourth-order valence-corrected chi connectivity index (χ4v) is 3.66. The lowest BCUT2D eigenvalue weighted by Crippen LogP contribution is -2.53. The molecule has 2 aromatic rings. The Bertz CT molecular complexity index is 748. The summed E-state index contributed by atoms with van der Waals surface area (Å²) in [4.78, 5) is 17.2. The molecule has 2 aromatic carbocycles. The zero-order chi connectivity index (χ0) is 19.9. The minimum atomic E-state index is 0.0317. The lowest BCUT2D eigenvalue weighted by Gasteiger charge is -2.40. The topological polar surface area (TPSA) is 44.8 Å². The average molecular weight is 382 g/mol. The first-order valence-electron chi connectivity index (χ1n) is 10.0. The molecule has 2 amide bonds. The molecule has 1 saturated heterocycles. The molecule has 150 valence electrons. The molecule has 3 rings (SSSR count). The first-order valence-corrected chi connectivity index (χ1v) is 10.0. The van der Waals surface area contributed by atoms with Crippen molar-refractivity contribution in [2.45, 2.75) is 31.8 Å². The van der Waals surface area contributed by atoms with Crippen LogP contribution in [0.15, 0.2) is 54.6 Å². The van der Waals surface area contributed by atoms with E-state index in [4.69, 9.17) is 4.74 Å². The van der Waals surface area contributed by atoms with Gasteiger partial charge in [-0.1, -0.05) is 42.5 Å². The molecule has 1 heterocycles. The van der Waals surface area contributed by atoms with E-state index in [1.165, 1.54) is 11.1 Å². The average Bonchev–Trinajstić information content (AvgIpc) is 2.73. The van der Waals surface area contributed by atoms with Crippen LogP contribution in [0.1, 0.15) is 30.5 Å². The van der Waals surface area contributed by atoms with Crippen molar-refractivity contribution in [1.82, 2.24) is 15.1 Å². The Morgan fingerprint density at radius 2 is 1.86 bits per heavy atom. The van der Waals surface area contributed by atoms with Crippen molar-refractivity contribution in [2.24, 2.45) is 0 Å². The summed E-state index contributed by atoms with van der Waals surface area (Å²) < 4.78 is 5.20. The van der Waals surface area contributed by atoms with E-state index in [1.54, 1.807) is 7.11 Å². The highest BCUT2D eigenvalue weighted by Crippen LogP contribution is 2.25. The third-order valence-corrected chi connectivity index (χ3v) is 5.42. The number of carbonyl (C=O) groups excluding carboxylic acids is 1. The molecule has 0 radical (unpaired) electrons. The molecule has 1 aliphatic heterocycles. The Balaban J connectivity index is 1.57. The van der Waals surface area contributed by atoms with Crippen molar-refractivity contribution in [3.63, 3.8) is 0 Å². The van der Waals surface area contributed by atoms with Gasteiger partial charge >= 0.3 is 6.03 Å². The Labute approximate surface area is 168 Å². The van der Waals surface area contributed by atoms with Gasteiger partial charge in [-0.2, -0.15) is 0 Å². The van der Waals surface area contributed by atoms with Crippen LogP contribution in [0.3, 0.4) is 0 Å². The summed E-state index contributed by atoms with van der Waals surface area (Å²) in [7, 11) is 3.79. The van der Waals surface area contributed by atoms with Crippen molar-refractivity contribution in [2.75, 3.05) is 33.8 Å². The van der Waals surface area contributed by atoms with Crippen LogP contribution in [-0.2, 0) is 6.42 Å². The summed E-state index contributed by atoms with van der Waals surface area (Å²) in [5.41, 5.74) is 2.44. The smallest absolute Gasteiger partial charge is 0.318 e. The van der Waals surface area contributed by atoms with Crippen LogP contribution >= 0.6 is 0 Å². The molecule has 2 unspecified atom stereocenters. The van der Waals surface area contributed by atoms with Crippen molar-refractivity contribution in [3.05, 3.63) is 65.7 Å². The van der Waals surface area contributed by atoms with Gasteiger partial charge in [0.1, 0.15) is 5.75 Å². The Morgan fingerprint density at radius 3 is 2.54 bits per heavy atom. The second kappa shape index (κ2) is 9.60. The molecule has 2 atom stereocenters. The summed E-state index contributed by atoms with van der Waals surface area (Å²) in [6.07, 6.45) is 1.83. The first-order chi connectivity index (χ1) is 13.6. The molecule has 0 aromatic heterocycles. The van der Waals surface area contributed by atoms with Crippen molar-refractivity contribution >= 4 is 6.03 Å². The van der Waals surface area contributed by atoms with E-state index in [0.717, 1.165) is 38.2 Å². The van der Waals surface area contributed by atoms with Crippen LogP contribution in [0.5, 0.6) is 5.75 Å². The Kier molecular flexibility index (Phi) is 6.93. The maximum absolute atomic E-state index is 13.0. The number of likely N-dealkylation sites (N-methyl/N-ethyl adjacent to an activating group) is 1. The zero-order valence-electron chi connectivity index (χ0n) is 17.1. The minimum Gasteiger partial charge on any atom is -0.497 e. The number of hydrogen-bond acceptors (Lipinski definition) is 3. The highest BCUT2D eigenvalue weighted by molar-refractivity contribution is 5.75. The summed E-state index contributed by atoms with van der Waals surface area (Å²) in [6, 6.07) is 18.7. The van der Waals surface area contributed by atoms with Gasteiger partial charge < -0.3 is 19.9 Å². The van der Waals surface area contributed by atoms with E-state index >= 15 is 0 Å². The van der Waals surface area contributed by atoms with Gasteiger partial charge in [-0.15, -0.1) is 0 Å². The van der Waals surface area contributed by atoms with Crippen LogP contribution < -0.4 is 10.1 Å². The lowest BCUT2D eigenvalue weighted by molar-refractivity contribution is 0.107. The van der Waals surface area contributed by atoms with Crippen molar-refractivity contribution < 1.29 is 9.53 Å². The van der Waals surface area contributed by atoms with Gasteiger partial charge in [-0.3, -0.25) is 0 Å². The van der Waals surface area contributed by atoms with Crippen LogP contribution in [-0.4, -0.2) is 55.7 Å². The molecule has 0 aliphatic carbocycles. The molecule has 0 saturated carbocycles. The van der Waals surface area contributed by atoms with Gasteiger partial charge in [0.2, 0.25) is 0 Å². The number of ether oxygens (including phenoxy) is 1. The third kappa shape index (κ3) is 5.26. The summed E-state index contributed by atoms with van der Waals surface area (Å²) in [6.45, 7) is 4.58. The molecular formula is C23H31N3O2. The van der Waals surface area contributed by atoms with E-state index in [9.17, 15) is 4.79 Å². The van der Waals surface area contributed by atoms with Gasteiger partial charge in [-0.25, -0.2) is 4.79 Å². The second-order valence-corrected chi connectivity index (χ2v) is 7.62. The van der Waals surface area contributed by atoms with E-state index in [1.807, 2.05) is 35.2 Å². The SMILES string of the molecule is COc1ccc(CCC(C)NC(=O)N2CCN(C)CC2c2ccccc2)cc1. The first kappa shape index (κ1) is 20.2. The molecule has 5 heteroatoms. The van der Waals surface area contributed by atoms with Crippen LogP contribution in [0.2, 0.25) is 0 Å². The Morgan fingerprint density at radius 1 is 1.14 bits per heavy atom. The highest BCUT2D eigenvalue weighted by atomic mass is 16.5. The summed E-state index contributed by atoms with van der Waals surface area (Å²) >= 11 is 0. The number of aryl methyl sites for hydroxylation is 1. The number of benzene rings is 2. The summed E-state index contributed by atoms with van der Waals surface area (Å²) in [5, 5.41) is 3.20. The van der Waals surface area contributed by atoms with Gasteiger partial charge in [0, 0.05) is 25.7 Å². The van der Waals surface area contributed by atoms with Crippen LogP contribution in [0, 0.1) is 0 Å². The van der Waals surface area contributed by atoms with Crippen LogP contribution in [0.4, 0.5) is 4.79 Å². The van der Waals surface area contributed by atoms with Gasteiger partial charge in [0.25, 0.3) is 0 Å². The monoisotopic (exact) mass is 381 g/mol. The number of nitrogens with one attached hydrogen (secondary N) is 1. The maximum atomic E-state index is 13.0. The molecule has 1 fully saturated rings. The van der Waals surface area contributed by atoms with E-state index < -0.39 is 0 Å². The van der Waals surface area contributed by atoms with Crippen molar-refractivity contribution in [3.8, 4) is 5.75 Å². The standard InChI is InChI=1S/C23H31N3O2/c1-18(9-10-19-11-13-21(28-3)14-12-19)24-23(27)26-16-15-25(2)17-22(26)20-7-5-4-6-8-20/h4-8,11-14,18,22H,9-10,15-17H2,1-3H3,(H,24,27). The van der Waals surface area contributed by atoms with Crippen molar-refractivity contribution in [1.29, 1.82) is 0 Å². The van der Waals surface area contributed by atoms with Gasteiger partial charge in [0.15, 0.2) is 0 Å². The fraction of sp³-hybridized carbons (Fsp3) is 0.435. The lowest BCUT2D eigenvalue weighted by atomic mass is 10.0. The number of hydrogen-bond donors (Lipinski definition) is 1. The predicted molar refractivity (Wildman–Crippen MR) is 113 cm³/mol. The molecule has 1 aliphatic rings. The molecule has 0 bridgehead atoms. The quantitative estimate of drug-likeness (QED) is 0.830. The maximum Gasteiger partial charge on any atom is 0.318 e. The third-order valence-electron chi connectivity index (χ3n) is 5.42. The molecule has 0 spiro atoms. The van der Waals surface area contributed by atoms with Crippen LogP contribution in [0.25, 0.3) is 0 Å². The number of rotatable bonds is 6. The number of amides is 2. The number of methoxy groups -OCH3 is 1. The molecule has 5 nitrogen and oxygen atoms in total. The predicted octanol–water partition coefficient (Wildman–Crippen LogP) is 3.71. The van der Waals surface area contributed by atoms with Gasteiger partial charge in [-0.05, 0) is 50.1 Å². The molecule has 1 N–H and O–H groups in total. The van der Waals surface area contributed by atoms with E-state index in [2.05, 4.69) is 48.5 Å². The summed E-state index contributed by atoms with van der Waals surface area (Å²) in [5.74, 6) is 0.868. The largest absolute Gasteiger partial charge is 0.497 e. The van der Waals surface area contributed by atoms with E-state index in [0.29, 0.717) is 0 Å². The second-order valence-electron chi connectivity index (χ2n) is 7.62. The molecular weight excluding hydrogens is 350 g/mol.